The fourth-order valence-electron chi connectivity index (χ4n) is 2.56. The summed E-state index contributed by atoms with van der Waals surface area (Å²) >= 11 is 0. The van der Waals surface area contributed by atoms with E-state index in [1.54, 1.807) is 0 Å². The molecule has 1 aromatic rings. The Hall–Kier alpha value is -0.900. The van der Waals surface area contributed by atoms with Crippen LogP contribution in [0.4, 0.5) is 0 Å². The highest BCUT2D eigenvalue weighted by atomic mass is 16.5. The van der Waals surface area contributed by atoms with E-state index < -0.39 is 0 Å². The molecule has 0 bridgehead atoms. The molecule has 19 heavy (non-hydrogen) atoms. The molecule has 1 atom stereocenters. The first-order valence-electron chi connectivity index (χ1n) is 7.48. The molecular weight excluding hydrogens is 236 g/mol. The van der Waals surface area contributed by atoms with Crippen molar-refractivity contribution in [3.8, 4) is 0 Å². The van der Waals surface area contributed by atoms with Gasteiger partial charge in [-0.25, -0.2) is 0 Å². The highest BCUT2D eigenvalue weighted by Gasteiger charge is 2.19. The third kappa shape index (κ3) is 4.94. The number of hydrogen-bond acceptors (Lipinski definition) is 3. The van der Waals surface area contributed by atoms with Crippen LogP contribution in [0.2, 0.25) is 0 Å². The lowest BCUT2D eigenvalue weighted by molar-refractivity contribution is 0.114. The molecule has 1 unspecified atom stereocenters. The molecule has 1 aliphatic heterocycles. The summed E-state index contributed by atoms with van der Waals surface area (Å²) in [4.78, 5) is 2.55. The van der Waals surface area contributed by atoms with E-state index in [0.717, 1.165) is 52.2 Å². The van der Waals surface area contributed by atoms with Gasteiger partial charge in [-0.15, -0.1) is 0 Å². The predicted molar refractivity (Wildman–Crippen MR) is 79.4 cm³/mol. The number of piperazine rings is 1. The average Bonchev–Trinajstić information content (AvgIpc) is 2.48. The summed E-state index contributed by atoms with van der Waals surface area (Å²) in [6.07, 6.45) is 2.26. The van der Waals surface area contributed by atoms with Gasteiger partial charge in [0.25, 0.3) is 0 Å². The second-order valence-corrected chi connectivity index (χ2v) is 5.18. The summed E-state index contributed by atoms with van der Waals surface area (Å²) in [5.74, 6) is 0. The van der Waals surface area contributed by atoms with E-state index in [-0.39, 0.29) is 0 Å². The van der Waals surface area contributed by atoms with E-state index in [4.69, 9.17) is 4.74 Å². The largest absolute Gasteiger partial charge is 0.381 e. The minimum Gasteiger partial charge on any atom is -0.381 e. The Morgan fingerprint density at radius 1 is 1.26 bits per heavy atom. The maximum atomic E-state index is 5.54. The molecule has 1 aliphatic rings. The molecule has 1 heterocycles. The van der Waals surface area contributed by atoms with Crippen LogP contribution in [0.5, 0.6) is 0 Å². The van der Waals surface area contributed by atoms with E-state index in [2.05, 4.69) is 47.5 Å². The monoisotopic (exact) mass is 262 g/mol. The maximum absolute atomic E-state index is 5.54. The highest BCUT2D eigenvalue weighted by Crippen LogP contribution is 2.16. The lowest BCUT2D eigenvalue weighted by Crippen LogP contribution is -2.46. The molecule has 0 saturated carbocycles. The average molecular weight is 262 g/mol. The van der Waals surface area contributed by atoms with Crippen molar-refractivity contribution in [2.75, 3.05) is 39.4 Å². The van der Waals surface area contributed by atoms with Gasteiger partial charge in [0.2, 0.25) is 0 Å². The molecule has 0 radical (unpaired) electrons. The second-order valence-electron chi connectivity index (χ2n) is 5.18. The van der Waals surface area contributed by atoms with Crippen LogP contribution in [-0.2, 0) is 4.74 Å². The molecule has 0 amide bonds. The molecule has 3 nitrogen and oxygen atoms in total. The lowest BCUT2D eigenvalue weighted by atomic mass is 10.0. The van der Waals surface area contributed by atoms with Gasteiger partial charge in [0.15, 0.2) is 0 Å². The van der Waals surface area contributed by atoms with Crippen molar-refractivity contribution in [2.45, 2.75) is 25.8 Å². The Morgan fingerprint density at radius 2 is 2.11 bits per heavy atom. The van der Waals surface area contributed by atoms with E-state index in [1.165, 1.54) is 5.56 Å². The van der Waals surface area contributed by atoms with Crippen molar-refractivity contribution < 1.29 is 4.74 Å². The zero-order valence-electron chi connectivity index (χ0n) is 12.0. The van der Waals surface area contributed by atoms with Gasteiger partial charge in [0.1, 0.15) is 0 Å². The van der Waals surface area contributed by atoms with Crippen LogP contribution in [0.1, 0.15) is 31.4 Å². The van der Waals surface area contributed by atoms with Gasteiger partial charge in [-0.2, -0.15) is 0 Å². The summed E-state index contributed by atoms with van der Waals surface area (Å²) < 4.78 is 5.54. The number of hydrogen-bond donors (Lipinski definition) is 1. The summed E-state index contributed by atoms with van der Waals surface area (Å²) in [6, 6.07) is 11.2. The Bertz CT molecular complexity index is 342. The molecule has 2 rings (SSSR count). The molecule has 106 valence electrons. The molecule has 0 spiro atoms. The van der Waals surface area contributed by atoms with Crippen LogP contribution >= 0.6 is 0 Å². The molecule has 1 N–H and O–H groups in total. The molecule has 1 aromatic carbocycles. The summed E-state index contributed by atoms with van der Waals surface area (Å²) in [6.45, 7) is 8.43. The first-order chi connectivity index (χ1) is 9.40. The molecule has 1 saturated heterocycles. The summed E-state index contributed by atoms with van der Waals surface area (Å²) in [5, 5.41) is 3.60. The van der Waals surface area contributed by atoms with Crippen LogP contribution in [0.3, 0.4) is 0 Å². The first kappa shape index (κ1) is 14.5. The summed E-state index contributed by atoms with van der Waals surface area (Å²) in [5.41, 5.74) is 1.40. The molecule has 0 aliphatic carbocycles. The highest BCUT2D eigenvalue weighted by molar-refractivity contribution is 5.19. The smallest absolute Gasteiger partial charge is 0.0478 e. The minimum absolute atomic E-state index is 0.478. The van der Waals surface area contributed by atoms with E-state index >= 15 is 0 Å². The van der Waals surface area contributed by atoms with Crippen LogP contribution in [-0.4, -0.2) is 44.3 Å². The molecule has 3 heteroatoms. The minimum atomic E-state index is 0.478. The summed E-state index contributed by atoms with van der Waals surface area (Å²) in [7, 11) is 0. The quantitative estimate of drug-likeness (QED) is 0.764. The first-order valence-corrected chi connectivity index (χ1v) is 7.48. The van der Waals surface area contributed by atoms with Crippen LogP contribution in [0, 0.1) is 0 Å². The van der Waals surface area contributed by atoms with Gasteiger partial charge in [-0.3, -0.25) is 0 Å². The van der Waals surface area contributed by atoms with Gasteiger partial charge >= 0.3 is 0 Å². The Kier molecular flexibility index (Phi) is 6.34. The Balaban J connectivity index is 1.72. The third-order valence-corrected chi connectivity index (χ3v) is 3.57. The predicted octanol–water partition coefficient (Wildman–Crippen LogP) is 2.45. The number of nitrogens with one attached hydrogen (secondary N) is 1. The molecule has 1 fully saturated rings. The SMILES string of the molecule is CCCOCCCN1CCNC(c2ccccc2)C1. The maximum Gasteiger partial charge on any atom is 0.0478 e. The number of rotatable bonds is 7. The zero-order chi connectivity index (χ0) is 13.3. The van der Waals surface area contributed by atoms with Crippen LogP contribution in [0.15, 0.2) is 30.3 Å². The van der Waals surface area contributed by atoms with E-state index in [1.807, 2.05) is 0 Å². The number of benzene rings is 1. The van der Waals surface area contributed by atoms with E-state index in [0.29, 0.717) is 6.04 Å². The fraction of sp³-hybridized carbons (Fsp3) is 0.625. The zero-order valence-corrected chi connectivity index (χ0v) is 12.0. The van der Waals surface area contributed by atoms with Gasteiger partial charge < -0.3 is 15.0 Å². The topological polar surface area (TPSA) is 24.5 Å². The third-order valence-electron chi connectivity index (χ3n) is 3.57. The lowest BCUT2D eigenvalue weighted by Gasteiger charge is -2.34. The molecular formula is C16H26N2O. The second kappa shape index (κ2) is 8.31. The Morgan fingerprint density at radius 3 is 2.89 bits per heavy atom. The molecule has 0 aromatic heterocycles. The van der Waals surface area contributed by atoms with E-state index in [9.17, 15) is 0 Å². The fourth-order valence-corrected chi connectivity index (χ4v) is 2.56. The van der Waals surface area contributed by atoms with Crippen LogP contribution < -0.4 is 5.32 Å². The van der Waals surface area contributed by atoms with Crippen molar-refractivity contribution in [3.63, 3.8) is 0 Å². The normalized spacial score (nSPS) is 20.6. The Labute approximate surface area is 116 Å². The van der Waals surface area contributed by atoms with Crippen molar-refractivity contribution >= 4 is 0 Å². The van der Waals surface area contributed by atoms with Crippen molar-refractivity contribution in [2.24, 2.45) is 0 Å². The van der Waals surface area contributed by atoms with Crippen LogP contribution in [0.25, 0.3) is 0 Å². The number of ether oxygens (including phenoxy) is 1. The van der Waals surface area contributed by atoms with Crippen molar-refractivity contribution in [1.29, 1.82) is 0 Å². The van der Waals surface area contributed by atoms with Gasteiger partial charge in [0.05, 0.1) is 0 Å². The van der Waals surface area contributed by atoms with Crippen molar-refractivity contribution in [3.05, 3.63) is 35.9 Å². The van der Waals surface area contributed by atoms with Gasteiger partial charge in [-0.05, 0) is 18.4 Å². The van der Waals surface area contributed by atoms with Gasteiger partial charge in [0, 0.05) is 45.4 Å². The standard InChI is InChI=1S/C16H26N2O/c1-2-12-19-13-6-10-18-11-9-17-16(14-18)15-7-4-3-5-8-15/h3-5,7-8,16-17H,2,6,9-14H2,1H3. The number of nitrogens with zero attached hydrogens (tertiary/aromatic N) is 1. The van der Waals surface area contributed by atoms with Crippen molar-refractivity contribution in [1.82, 2.24) is 10.2 Å². The van der Waals surface area contributed by atoms with Gasteiger partial charge in [-0.1, -0.05) is 37.3 Å².